The number of nitrogens with one attached hydrogen (secondary N) is 1. The number of rotatable bonds is 7. The number of hydrogen-bond donors (Lipinski definition) is 1. The fraction of sp³-hybridized carbons (Fsp3) is 0.375. The number of carbonyl (C=O) groups excluding carboxylic acids is 2. The Kier molecular flexibility index (Phi) is 9.02. The van der Waals surface area contributed by atoms with E-state index in [9.17, 15) is 22.8 Å². The van der Waals surface area contributed by atoms with Crippen LogP contribution < -0.4 is 10.1 Å². The number of nitrogens with zero attached hydrogens (tertiary/aromatic N) is 1. The maximum atomic E-state index is 13.7. The normalized spacial score (nSPS) is 17.7. The monoisotopic (exact) mass is 586 g/mol. The van der Waals surface area contributed by atoms with Crippen molar-refractivity contribution in [1.29, 1.82) is 0 Å². The number of benzene rings is 3. The molecule has 1 saturated heterocycles. The van der Waals surface area contributed by atoms with Gasteiger partial charge in [0.2, 0.25) is 5.91 Å². The fourth-order valence-corrected chi connectivity index (χ4v) is 5.61. The molecule has 3 aromatic carbocycles. The minimum absolute atomic E-state index is 0.118. The van der Waals surface area contributed by atoms with E-state index in [1.54, 1.807) is 24.3 Å². The Morgan fingerprint density at radius 2 is 1.66 bits per heavy atom. The van der Waals surface area contributed by atoms with Gasteiger partial charge < -0.3 is 15.0 Å². The lowest BCUT2D eigenvalue weighted by atomic mass is 9.70. The molecule has 2 atom stereocenters. The van der Waals surface area contributed by atoms with Gasteiger partial charge in [-0.2, -0.15) is 0 Å². The van der Waals surface area contributed by atoms with Crippen LogP contribution in [0.2, 0.25) is 5.02 Å². The number of ether oxygens (including phenoxy) is 1. The van der Waals surface area contributed by atoms with E-state index < -0.39 is 18.3 Å². The Balaban J connectivity index is 1.45. The van der Waals surface area contributed by atoms with Crippen LogP contribution >= 0.6 is 11.6 Å². The highest BCUT2D eigenvalue weighted by Crippen LogP contribution is 2.42. The zero-order valence-electron chi connectivity index (χ0n) is 23.5. The van der Waals surface area contributed by atoms with Crippen LogP contribution in [0.5, 0.6) is 5.75 Å². The van der Waals surface area contributed by atoms with Crippen molar-refractivity contribution >= 4 is 23.4 Å². The molecule has 41 heavy (non-hydrogen) atoms. The number of hydrogen-bond acceptors (Lipinski definition) is 3. The summed E-state index contributed by atoms with van der Waals surface area (Å²) < 4.78 is 41.4. The first-order chi connectivity index (χ1) is 19.2. The van der Waals surface area contributed by atoms with Crippen molar-refractivity contribution < 1.29 is 27.5 Å². The Morgan fingerprint density at radius 1 is 1.00 bits per heavy atom. The van der Waals surface area contributed by atoms with Gasteiger partial charge in [-0.3, -0.25) is 9.59 Å². The predicted molar refractivity (Wildman–Crippen MR) is 154 cm³/mol. The summed E-state index contributed by atoms with van der Waals surface area (Å²) in [4.78, 5) is 28.8. The molecule has 1 fully saturated rings. The van der Waals surface area contributed by atoms with Gasteiger partial charge in [0, 0.05) is 23.7 Å². The average Bonchev–Trinajstić information content (AvgIpc) is 2.91. The summed E-state index contributed by atoms with van der Waals surface area (Å²) in [7, 11) is 0. The van der Waals surface area contributed by atoms with E-state index in [2.05, 4.69) is 23.9 Å². The summed E-state index contributed by atoms with van der Waals surface area (Å²) >= 11 is 6.08. The molecule has 0 radical (unpaired) electrons. The standard InChI is InChI=1S/C32H34ClF3N2O3/c1-20(2)28(30(40)38-17-16-27(31(3,4)19-38)22-8-12-25(33)13-9-22)37-29(39)24-7-5-6-23(18-24)21-10-14-26(15-11-21)41-32(34,35)36/h5-15,18,20,27-28H,16-17,19H2,1-4H3,(H,37,39)/t27-,28-/m1/s1. The number of alkyl halides is 3. The third-order valence-corrected chi connectivity index (χ3v) is 7.83. The lowest BCUT2D eigenvalue weighted by molar-refractivity contribution is -0.274. The smallest absolute Gasteiger partial charge is 0.406 e. The van der Waals surface area contributed by atoms with Gasteiger partial charge in [-0.15, -0.1) is 13.2 Å². The molecule has 0 spiro atoms. The van der Waals surface area contributed by atoms with E-state index in [1.807, 2.05) is 43.0 Å². The van der Waals surface area contributed by atoms with Gasteiger partial charge in [0.15, 0.2) is 0 Å². The molecule has 9 heteroatoms. The van der Waals surface area contributed by atoms with Crippen molar-refractivity contribution in [2.75, 3.05) is 13.1 Å². The molecular weight excluding hydrogens is 553 g/mol. The molecule has 0 aromatic heterocycles. The van der Waals surface area contributed by atoms with Crippen LogP contribution in [0, 0.1) is 11.3 Å². The summed E-state index contributed by atoms with van der Waals surface area (Å²) in [6.45, 7) is 9.24. The molecule has 218 valence electrons. The summed E-state index contributed by atoms with van der Waals surface area (Å²) in [5, 5.41) is 3.62. The van der Waals surface area contributed by atoms with Gasteiger partial charge in [-0.05, 0) is 76.8 Å². The molecule has 0 saturated carbocycles. The molecular formula is C32H34ClF3N2O3. The Labute approximate surface area is 243 Å². The van der Waals surface area contributed by atoms with Gasteiger partial charge in [0.25, 0.3) is 5.91 Å². The van der Waals surface area contributed by atoms with Crippen molar-refractivity contribution in [1.82, 2.24) is 10.2 Å². The Hall–Kier alpha value is -3.52. The maximum absolute atomic E-state index is 13.7. The molecule has 3 aromatic rings. The van der Waals surface area contributed by atoms with Crippen LogP contribution in [0.1, 0.15) is 56.0 Å². The van der Waals surface area contributed by atoms with Crippen LogP contribution in [0.15, 0.2) is 72.8 Å². The second-order valence-electron chi connectivity index (χ2n) is 11.5. The largest absolute Gasteiger partial charge is 0.573 e. The van der Waals surface area contributed by atoms with E-state index in [-0.39, 0.29) is 28.9 Å². The van der Waals surface area contributed by atoms with Gasteiger partial charge in [0.1, 0.15) is 11.8 Å². The van der Waals surface area contributed by atoms with Crippen molar-refractivity contribution in [2.45, 2.75) is 52.4 Å². The molecule has 0 unspecified atom stereocenters. The number of piperidine rings is 1. The van der Waals surface area contributed by atoms with E-state index in [0.717, 1.165) is 6.42 Å². The molecule has 1 N–H and O–H groups in total. The van der Waals surface area contributed by atoms with Crippen LogP contribution in [-0.4, -0.2) is 42.2 Å². The summed E-state index contributed by atoms with van der Waals surface area (Å²) in [5.74, 6) is -0.715. The van der Waals surface area contributed by atoms with Crippen molar-refractivity contribution in [3.8, 4) is 16.9 Å². The minimum Gasteiger partial charge on any atom is -0.406 e. The second kappa shape index (κ2) is 12.1. The van der Waals surface area contributed by atoms with Crippen LogP contribution in [-0.2, 0) is 4.79 Å². The lowest BCUT2D eigenvalue weighted by Crippen LogP contribution is -2.55. The summed E-state index contributed by atoms with van der Waals surface area (Å²) in [6.07, 6.45) is -3.97. The minimum atomic E-state index is -4.77. The fourth-order valence-electron chi connectivity index (χ4n) is 5.48. The number of carbonyl (C=O) groups is 2. The summed E-state index contributed by atoms with van der Waals surface area (Å²) in [5.41, 5.74) is 2.63. The van der Waals surface area contributed by atoms with Crippen molar-refractivity contribution in [3.63, 3.8) is 0 Å². The molecule has 1 heterocycles. The third kappa shape index (κ3) is 7.61. The number of amides is 2. The van der Waals surface area contributed by atoms with E-state index in [4.69, 9.17) is 11.6 Å². The van der Waals surface area contributed by atoms with Gasteiger partial charge in [-0.25, -0.2) is 0 Å². The number of likely N-dealkylation sites (tertiary alicyclic amines) is 1. The lowest BCUT2D eigenvalue weighted by Gasteiger charge is -2.45. The molecule has 1 aliphatic heterocycles. The quantitative estimate of drug-likeness (QED) is 0.309. The van der Waals surface area contributed by atoms with Crippen molar-refractivity contribution in [3.05, 3.63) is 88.9 Å². The highest BCUT2D eigenvalue weighted by Gasteiger charge is 2.40. The van der Waals surface area contributed by atoms with Crippen molar-refractivity contribution in [2.24, 2.45) is 11.3 Å². The van der Waals surface area contributed by atoms with E-state index >= 15 is 0 Å². The van der Waals surface area contributed by atoms with Gasteiger partial charge in [-0.1, -0.05) is 75.7 Å². The first-order valence-corrected chi connectivity index (χ1v) is 13.9. The second-order valence-corrected chi connectivity index (χ2v) is 11.9. The summed E-state index contributed by atoms with van der Waals surface area (Å²) in [6, 6.07) is 19.3. The molecule has 2 amide bonds. The Morgan fingerprint density at radius 3 is 2.24 bits per heavy atom. The average molecular weight is 587 g/mol. The molecule has 5 nitrogen and oxygen atoms in total. The SMILES string of the molecule is CC(C)[C@@H](NC(=O)c1cccc(-c2ccc(OC(F)(F)F)cc2)c1)C(=O)N1CC[C@H](c2ccc(Cl)cc2)C(C)(C)C1. The van der Waals surface area contributed by atoms with Gasteiger partial charge >= 0.3 is 6.36 Å². The zero-order valence-corrected chi connectivity index (χ0v) is 24.2. The highest BCUT2D eigenvalue weighted by molar-refractivity contribution is 6.30. The van der Waals surface area contributed by atoms with Gasteiger partial charge in [0.05, 0.1) is 0 Å². The molecule has 0 aliphatic carbocycles. The first-order valence-electron chi connectivity index (χ1n) is 13.5. The number of halogens is 4. The van der Waals surface area contributed by atoms with E-state index in [1.165, 1.54) is 29.8 Å². The maximum Gasteiger partial charge on any atom is 0.573 e. The first kappa shape index (κ1) is 30.4. The zero-order chi connectivity index (χ0) is 29.9. The topological polar surface area (TPSA) is 58.6 Å². The van der Waals surface area contributed by atoms with Crippen LogP contribution in [0.3, 0.4) is 0 Å². The predicted octanol–water partition coefficient (Wildman–Crippen LogP) is 7.70. The van der Waals surface area contributed by atoms with Crippen LogP contribution in [0.4, 0.5) is 13.2 Å². The molecule has 1 aliphatic rings. The molecule has 4 rings (SSSR count). The Bertz CT molecular complexity index is 1370. The highest BCUT2D eigenvalue weighted by atomic mass is 35.5. The third-order valence-electron chi connectivity index (χ3n) is 7.58. The molecule has 0 bridgehead atoms. The van der Waals surface area contributed by atoms with Crippen LogP contribution in [0.25, 0.3) is 11.1 Å². The van der Waals surface area contributed by atoms with E-state index in [0.29, 0.717) is 34.8 Å².